The highest BCUT2D eigenvalue weighted by Crippen LogP contribution is 2.32. The third kappa shape index (κ3) is 16.2. The Morgan fingerprint density at radius 2 is 1.28 bits per heavy atom. The molecule has 0 spiro atoms. The normalized spacial score (nSPS) is 11.3. The number of ether oxygens (including phenoxy) is 5. The van der Waals surface area contributed by atoms with Crippen molar-refractivity contribution in [3.63, 3.8) is 0 Å². The molecule has 0 fully saturated rings. The lowest BCUT2D eigenvalue weighted by Crippen LogP contribution is -2.20. The first-order valence-electron chi connectivity index (χ1n) is 22.6. The van der Waals surface area contributed by atoms with E-state index in [9.17, 15) is 32.3 Å². The smallest absolute Gasteiger partial charge is 0.389 e. The van der Waals surface area contributed by atoms with Crippen molar-refractivity contribution < 1.29 is 56.0 Å². The predicted molar refractivity (Wildman–Crippen MR) is 259 cm³/mol. The summed E-state index contributed by atoms with van der Waals surface area (Å²) in [5.74, 6) is -1.58. The van der Waals surface area contributed by atoms with Gasteiger partial charge in [0.05, 0.1) is 52.9 Å². The Labute approximate surface area is 402 Å². The molecule has 0 unspecified atom stereocenters. The zero-order chi connectivity index (χ0) is 49.0. The third-order valence-electron chi connectivity index (χ3n) is 10.4. The van der Waals surface area contributed by atoms with Gasteiger partial charge in [-0.05, 0) is 129 Å². The van der Waals surface area contributed by atoms with Crippen LogP contribution in [0, 0.1) is 0 Å². The Balaban J connectivity index is 1.16. The zero-order valence-corrected chi connectivity index (χ0v) is 38.9. The molecule has 0 radical (unpaired) electrons. The molecule has 0 aliphatic rings. The fraction of sp³-hybridized carbons (Fsp3) is 0.283. The summed E-state index contributed by atoms with van der Waals surface area (Å²) in [4.78, 5) is 55.2. The molecule has 0 amide bonds. The van der Waals surface area contributed by atoms with Gasteiger partial charge in [0.25, 0.3) is 0 Å². The monoisotopic (exact) mass is 963 g/mol. The van der Waals surface area contributed by atoms with Crippen LogP contribution in [0.2, 0.25) is 0 Å². The maximum absolute atomic E-state index is 13.6. The Hall–Kier alpha value is -7.33. The molecule has 0 saturated carbocycles. The SMILES string of the molecule is C=CC(=O)OCCCCCCOc1ccc(C(=O)Oc2ccc(OC(=O)c3ccc(-c4ccc(C(=O)OCCCCC)cc4)cc3)c(/C=N/N(CCCC(F)(F)F)c3nc4ccccc4s3)c2)cc1. The summed E-state index contributed by atoms with van der Waals surface area (Å²) >= 11 is 1.26. The van der Waals surface area contributed by atoms with E-state index in [0.717, 1.165) is 66.8 Å². The molecule has 1 heterocycles. The second-order valence-electron chi connectivity index (χ2n) is 15.7. The van der Waals surface area contributed by atoms with E-state index >= 15 is 0 Å². The van der Waals surface area contributed by atoms with Gasteiger partial charge < -0.3 is 23.7 Å². The number of benzene rings is 5. The van der Waals surface area contributed by atoms with Gasteiger partial charge in [-0.15, -0.1) is 0 Å². The highest BCUT2D eigenvalue weighted by molar-refractivity contribution is 7.22. The summed E-state index contributed by atoms with van der Waals surface area (Å²) in [6.45, 7) is 6.47. The molecule has 1 aromatic heterocycles. The number of fused-ring (bicyclic) bond motifs is 1. The van der Waals surface area contributed by atoms with E-state index in [0.29, 0.717) is 41.8 Å². The number of alkyl halides is 3. The highest BCUT2D eigenvalue weighted by atomic mass is 32.1. The predicted octanol–water partition coefficient (Wildman–Crippen LogP) is 12.6. The summed E-state index contributed by atoms with van der Waals surface area (Å²) in [6.07, 6.45) is 2.82. The van der Waals surface area contributed by atoms with Gasteiger partial charge in [0.1, 0.15) is 17.2 Å². The summed E-state index contributed by atoms with van der Waals surface area (Å²) < 4.78 is 68.4. The van der Waals surface area contributed by atoms with E-state index in [-0.39, 0.29) is 41.2 Å². The van der Waals surface area contributed by atoms with Crippen LogP contribution in [0.15, 0.2) is 133 Å². The molecule has 0 aliphatic heterocycles. The van der Waals surface area contributed by atoms with E-state index in [1.54, 1.807) is 84.9 Å². The van der Waals surface area contributed by atoms with Crippen LogP contribution in [0.3, 0.4) is 0 Å². The summed E-state index contributed by atoms with van der Waals surface area (Å²) in [7, 11) is 0. The molecule has 0 aliphatic carbocycles. The van der Waals surface area contributed by atoms with Crippen LogP contribution in [0.5, 0.6) is 17.2 Å². The number of rotatable bonds is 25. The van der Waals surface area contributed by atoms with Crippen LogP contribution >= 0.6 is 11.3 Å². The molecule has 69 heavy (non-hydrogen) atoms. The second kappa shape index (κ2) is 25.7. The molecular weight excluding hydrogens is 912 g/mol. The van der Waals surface area contributed by atoms with E-state index in [2.05, 4.69) is 23.6 Å². The first kappa shape index (κ1) is 51.1. The first-order valence-corrected chi connectivity index (χ1v) is 23.4. The zero-order valence-electron chi connectivity index (χ0n) is 38.1. The minimum atomic E-state index is -4.38. The number of aromatic nitrogens is 1. The Bertz CT molecular complexity index is 2650. The minimum Gasteiger partial charge on any atom is -0.494 e. The number of hydrazone groups is 1. The van der Waals surface area contributed by atoms with Gasteiger partial charge in [-0.3, -0.25) is 0 Å². The van der Waals surface area contributed by atoms with Crippen molar-refractivity contribution in [2.45, 2.75) is 70.9 Å². The number of esters is 4. The summed E-state index contributed by atoms with van der Waals surface area (Å²) in [5.41, 5.74) is 3.29. The third-order valence-corrected chi connectivity index (χ3v) is 11.5. The first-order chi connectivity index (χ1) is 33.4. The Morgan fingerprint density at radius 1 is 0.681 bits per heavy atom. The molecule has 0 bridgehead atoms. The van der Waals surface area contributed by atoms with Gasteiger partial charge in [-0.25, -0.2) is 29.2 Å². The standard InChI is InChI=1S/C53H52F3N3O9S/c1-3-5-10-34-66-49(61)39-20-16-37(17-21-39)38-18-22-40(23-19-38)51(63)68-46-29-28-44(67-50(62)41-24-26-43(27-25-41)64-32-11-6-7-12-33-65-48(60)4-2)35-42(46)36-57-59(31-13-30-53(54,55)56)52-58-45-14-8-9-15-47(45)69-52/h4,8-9,14-29,35-36H,2-3,5-7,10-13,30-34H2,1H3/b57-36+. The lowest BCUT2D eigenvalue weighted by Gasteiger charge is -2.17. The molecule has 6 rings (SSSR count). The largest absolute Gasteiger partial charge is 0.494 e. The maximum Gasteiger partial charge on any atom is 0.389 e. The number of thiazole rings is 1. The number of carbonyl (C=O) groups excluding carboxylic acids is 4. The van der Waals surface area contributed by atoms with Crippen LogP contribution < -0.4 is 19.2 Å². The number of unbranched alkanes of at least 4 members (excludes halogenated alkanes) is 5. The van der Waals surface area contributed by atoms with E-state index < -0.39 is 36.5 Å². The molecule has 360 valence electrons. The van der Waals surface area contributed by atoms with Crippen LogP contribution in [-0.2, 0) is 14.3 Å². The molecule has 0 atom stereocenters. The van der Waals surface area contributed by atoms with Crippen LogP contribution in [-0.4, -0.2) is 67.6 Å². The van der Waals surface area contributed by atoms with Crippen molar-refractivity contribution in [1.29, 1.82) is 0 Å². The number of para-hydroxylation sites is 1. The van der Waals surface area contributed by atoms with Crippen molar-refractivity contribution in [1.82, 2.24) is 4.98 Å². The van der Waals surface area contributed by atoms with Gasteiger partial charge in [0.15, 0.2) is 0 Å². The molecule has 6 aromatic rings. The van der Waals surface area contributed by atoms with Gasteiger partial charge in [-0.1, -0.05) is 74.1 Å². The average Bonchev–Trinajstić information content (AvgIpc) is 3.79. The summed E-state index contributed by atoms with van der Waals surface area (Å²) in [5, 5.41) is 6.25. The van der Waals surface area contributed by atoms with E-state index in [1.165, 1.54) is 40.8 Å². The van der Waals surface area contributed by atoms with Gasteiger partial charge >= 0.3 is 30.1 Å². The number of halogens is 3. The van der Waals surface area contributed by atoms with E-state index in [4.69, 9.17) is 23.7 Å². The maximum atomic E-state index is 13.6. The highest BCUT2D eigenvalue weighted by Gasteiger charge is 2.27. The van der Waals surface area contributed by atoms with Crippen LogP contribution in [0.1, 0.15) is 101 Å². The molecule has 0 N–H and O–H groups in total. The van der Waals surface area contributed by atoms with Crippen molar-refractivity contribution in [3.05, 3.63) is 150 Å². The number of nitrogens with zero attached hydrogens (tertiary/aromatic N) is 3. The number of anilines is 1. The van der Waals surface area contributed by atoms with Crippen LogP contribution in [0.25, 0.3) is 21.3 Å². The molecular formula is C53H52F3N3O9S. The van der Waals surface area contributed by atoms with Crippen molar-refractivity contribution in [2.75, 3.05) is 31.4 Å². The summed E-state index contributed by atoms with van der Waals surface area (Å²) in [6, 6.07) is 31.7. The molecule has 0 saturated heterocycles. The van der Waals surface area contributed by atoms with Gasteiger partial charge in [0, 0.05) is 24.6 Å². The average molecular weight is 964 g/mol. The van der Waals surface area contributed by atoms with Crippen molar-refractivity contribution >= 4 is 56.8 Å². The lowest BCUT2D eigenvalue weighted by atomic mass is 10.0. The molecule has 12 nitrogen and oxygen atoms in total. The Kier molecular flexibility index (Phi) is 19.0. The number of hydrogen-bond donors (Lipinski definition) is 0. The lowest BCUT2D eigenvalue weighted by molar-refractivity contribution is -0.138. The van der Waals surface area contributed by atoms with Crippen molar-refractivity contribution in [3.8, 4) is 28.4 Å². The van der Waals surface area contributed by atoms with E-state index in [1.807, 2.05) is 12.1 Å². The number of carbonyl (C=O) groups is 4. The fourth-order valence-corrected chi connectivity index (χ4v) is 7.66. The topological polar surface area (TPSA) is 143 Å². The van der Waals surface area contributed by atoms with Gasteiger partial charge in [0.2, 0.25) is 5.13 Å². The quantitative estimate of drug-likeness (QED) is 0.0135. The minimum absolute atomic E-state index is 0.0296. The Morgan fingerprint density at radius 3 is 1.93 bits per heavy atom. The fourth-order valence-electron chi connectivity index (χ4n) is 6.71. The number of hydrogen-bond acceptors (Lipinski definition) is 13. The molecule has 5 aromatic carbocycles. The molecule has 16 heteroatoms. The van der Waals surface area contributed by atoms with Crippen LogP contribution in [0.4, 0.5) is 18.3 Å². The second-order valence-corrected chi connectivity index (χ2v) is 16.7. The van der Waals surface area contributed by atoms with Crippen molar-refractivity contribution in [2.24, 2.45) is 5.10 Å². The van der Waals surface area contributed by atoms with Gasteiger partial charge in [-0.2, -0.15) is 18.3 Å².